The SMILES string of the molecule is [N-]=[N+]=NC1CC[C@H]2CN(Cc3ccccc3)CC12. The second-order valence-corrected chi connectivity index (χ2v) is 5.45. The van der Waals surface area contributed by atoms with E-state index in [1.54, 1.807) is 0 Å². The molecule has 1 aromatic rings. The Morgan fingerprint density at radius 1 is 1.22 bits per heavy atom. The summed E-state index contributed by atoms with van der Waals surface area (Å²) in [6.07, 6.45) is 2.30. The summed E-state index contributed by atoms with van der Waals surface area (Å²) in [4.78, 5) is 5.50. The molecule has 3 rings (SSSR count). The van der Waals surface area contributed by atoms with Crippen molar-refractivity contribution in [2.75, 3.05) is 13.1 Å². The molecule has 0 radical (unpaired) electrons. The normalized spacial score (nSPS) is 31.0. The van der Waals surface area contributed by atoms with Crippen molar-refractivity contribution in [2.45, 2.75) is 25.4 Å². The molecule has 0 amide bonds. The largest absolute Gasteiger partial charge is 0.299 e. The Labute approximate surface area is 107 Å². The van der Waals surface area contributed by atoms with Crippen LogP contribution in [0.1, 0.15) is 18.4 Å². The summed E-state index contributed by atoms with van der Waals surface area (Å²) >= 11 is 0. The predicted octanol–water partition coefficient (Wildman–Crippen LogP) is 3.21. The molecule has 1 aliphatic carbocycles. The van der Waals surface area contributed by atoms with Crippen LogP contribution in [0.25, 0.3) is 10.4 Å². The zero-order valence-corrected chi connectivity index (χ0v) is 10.4. The van der Waals surface area contributed by atoms with Gasteiger partial charge in [0.1, 0.15) is 0 Å². The van der Waals surface area contributed by atoms with Gasteiger partial charge in [-0.3, -0.25) is 4.90 Å². The van der Waals surface area contributed by atoms with Crippen molar-refractivity contribution in [1.29, 1.82) is 0 Å². The Kier molecular flexibility index (Phi) is 3.22. The fourth-order valence-corrected chi connectivity index (χ4v) is 3.51. The summed E-state index contributed by atoms with van der Waals surface area (Å²) in [5.74, 6) is 1.33. The second kappa shape index (κ2) is 5.01. The van der Waals surface area contributed by atoms with Crippen LogP contribution in [0.3, 0.4) is 0 Å². The first kappa shape index (κ1) is 11.6. The molecule has 2 aliphatic rings. The van der Waals surface area contributed by atoms with Crippen molar-refractivity contribution in [1.82, 2.24) is 4.90 Å². The lowest BCUT2D eigenvalue weighted by atomic mass is 9.98. The topological polar surface area (TPSA) is 52.0 Å². The van der Waals surface area contributed by atoms with Gasteiger partial charge in [-0.05, 0) is 35.8 Å². The van der Waals surface area contributed by atoms with Crippen molar-refractivity contribution in [3.63, 3.8) is 0 Å². The van der Waals surface area contributed by atoms with Crippen molar-refractivity contribution in [3.05, 3.63) is 46.3 Å². The van der Waals surface area contributed by atoms with Gasteiger partial charge >= 0.3 is 0 Å². The molecule has 2 unspecified atom stereocenters. The van der Waals surface area contributed by atoms with Gasteiger partial charge in [0.2, 0.25) is 0 Å². The average molecular weight is 242 g/mol. The molecule has 94 valence electrons. The fraction of sp³-hybridized carbons (Fsp3) is 0.571. The summed E-state index contributed by atoms with van der Waals surface area (Å²) in [5, 5.41) is 3.96. The van der Waals surface area contributed by atoms with Gasteiger partial charge in [-0.25, -0.2) is 0 Å². The van der Waals surface area contributed by atoms with Gasteiger partial charge in [-0.1, -0.05) is 35.4 Å². The number of hydrogen-bond donors (Lipinski definition) is 0. The maximum Gasteiger partial charge on any atom is 0.0417 e. The summed E-state index contributed by atoms with van der Waals surface area (Å²) in [6, 6.07) is 10.8. The van der Waals surface area contributed by atoms with Gasteiger partial charge in [0.05, 0.1) is 0 Å². The Bertz CT molecular complexity index is 452. The Hall–Kier alpha value is -1.51. The van der Waals surface area contributed by atoms with Crippen LogP contribution >= 0.6 is 0 Å². The van der Waals surface area contributed by atoms with Gasteiger partial charge in [-0.15, -0.1) is 0 Å². The van der Waals surface area contributed by atoms with E-state index in [4.69, 9.17) is 5.53 Å². The van der Waals surface area contributed by atoms with Crippen LogP contribution in [-0.2, 0) is 6.54 Å². The van der Waals surface area contributed by atoms with Crippen LogP contribution in [0, 0.1) is 11.8 Å². The number of likely N-dealkylation sites (tertiary alicyclic amines) is 1. The third-order valence-corrected chi connectivity index (χ3v) is 4.34. The molecule has 0 bridgehead atoms. The molecule has 0 spiro atoms. The van der Waals surface area contributed by atoms with E-state index in [1.807, 2.05) is 0 Å². The number of nitrogens with zero attached hydrogens (tertiary/aromatic N) is 4. The summed E-state index contributed by atoms with van der Waals surface area (Å²) in [6.45, 7) is 3.27. The number of hydrogen-bond acceptors (Lipinski definition) is 2. The zero-order chi connectivity index (χ0) is 12.4. The van der Waals surface area contributed by atoms with Crippen LogP contribution in [0.5, 0.6) is 0 Å². The van der Waals surface area contributed by atoms with Crippen LogP contribution in [0.2, 0.25) is 0 Å². The molecule has 1 heterocycles. The smallest absolute Gasteiger partial charge is 0.0417 e. The number of rotatable bonds is 3. The molecule has 0 N–H and O–H groups in total. The van der Waals surface area contributed by atoms with Crippen LogP contribution in [0.15, 0.2) is 35.4 Å². The molecule has 1 aliphatic heterocycles. The first-order valence-corrected chi connectivity index (χ1v) is 6.67. The molecule has 18 heavy (non-hydrogen) atoms. The van der Waals surface area contributed by atoms with E-state index < -0.39 is 0 Å². The van der Waals surface area contributed by atoms with Crippen molar-refractivity contribution < 1.29 is 0 Å². The Morgan fingerprint density at radius 2 is 2.06 bits per heavy atom. The Morgan fingerprint density at radius 3 is 2.83 bits per heavy atom. The maximum atomic E-state index is 8.59. The predicted molar refractivity (Wildman–Crippen MR) is 70.9 cm³/mol. The summed E-state index contributed by atoms with van der Waals surface area (Å²) in [5.41, 5.74) is 9.97. The molecule has 4 nitrogen and oxygen atoms in total. The molecule has 2 fully saturated rings. The number of azide groups is 1. The van der Waals surface area contributed by atoms with E-state index in [9.17, 15) is 0 Å². The minimum absolute atomic E-state index is 0.237. The van der Waals surface area contributed by atoms with Crippen LogP contribution in [0.4, 0.5) is 0 Å². The van der Waals surface area contributed by atoms with Crippen LogP contribution in [-0.4, -0.2) is 24.0 Å². The quantitative estimate of drug-likeness (QED) is 0.456. The molecule has 1 saturated carbocycles. The lowest BCUT2D eigenvalue weighted by Gasteiger charge is -2.18. The molecule has 3 atom stereocenters. The van der Waals surface area contributed by atoms with Crippen LogP contribution < -0.4 is 0 Å². The average Bonchev–Trinajstić information content (AvgIpc) is 2.93. The van der Waals surface area contributed by atoms with Gasteiger partial charge in [0.15, 0.2) is 0 Å². The highest BCUT2D eigenvalue weighted by molar-refractivity contribution is 5.15. The monoisotopic (exact) mass is 242 g/mol. The highest BCUT2D eigenvalue weighted by Gasteiger charge is 2.41. The highest BCUT2D eigenvalue weighted by Crippen LogP contribution is 2.40. The van der Waals surface area contributed by atoms with E-state index in [0.29, 0.717) is 5.92 Å². The lowest BCUT2D eigenvalue weighted by Crippen LogP contribution is -2.23. The molecule has 1 aromatic carbocycles. The third kappa shape index (κ3) is 2.22. The highest BCUT2D eigenvalue weighted by atomic mass is 15.2. The molecule has 1 saturated heterocycles. The molecule has 0 aromatic heterocycles. The molecule has 4 heteroatoms. The molecular formula is C14H18N4. The third-order valence-electron chi connectivity index (χ3n) is 4.34. The van der Waals surface area contributed by atoms with Gasteiger partial charge < -0.3 is 0 Å². The van der Waals surface area contributed by atoms with E-state index in [2.05, 4.69) is 45.3 Å². The summed E-state index contributed by atoms with van der Waals surface area (Å²) < 4.78 is 0. The van der Waals surface area contributed by atoms with Gasteiger partial charge in [0, 0.05) is 30.6 Å². The lowest BCUT2D eigenvalue weighted by molar-refractivity contribution is 0.298. The van der Waals surface area contributed by atoms with E-state index in [0.717, 1.165) is 32.0 Å². The zero-order valence-electron chi connectivity index (χ0n) is 10.4. The van der Waals surface area contributed by atoms with Crippen molar-refractivity contribution in [3.8, 4) is 0 Å². The van der Waals surface area contributed by atoms with E-state index >= 15 is 0 Å². The molecular weight excluding hydrogens is 224 g/mol. The van der Waals surface area contributed by atoms with Gasteiger partial charge in [0.25, 0.3) is 0 Å². The second-order valence-electron chi connectivity index (χ2n) is 5.45. The summed E-state index contributed by atoms with van der Waals surface area (Å²) in [7, 11) is 0. The fourth-order valence-electron chi connectivity index (χ4n) is 3.51. The van der Waals surface area contributed by atoms with E-state index in [1.165, 1.54) is 12.0 Å². The number of fused-ring (bicyclic) bond motifs is 1. The standard InChI is InChI=1S/C14H18N4/c15-17-16-14-7-6-12-9-18(10-13(12)14)8-11-4-2-1-3-5-11/h1-5,12-14H,6-10H2/t12-,13?,14?/m0/s1. The van der Waals surface area contributed by atoms with E-state index in [-0.39, 0.29) is 6.04 Å². The van der Waals surface area contributed by atoms with Gasteiger partial charge in [-0.2, -0.15) is 0 Å². The maximum absolute atomic E-state index is 8.59. The Balaban J connectivity index is 1.64. The minimum atomic E-state index is 0.237. The number of benzene rings is 1. The first-order valence-electron chi connectivity index (χ1n) is 6.67. The van der Waals surface area contributed by atoms with Crippen molar-refractivity contribution in [2.24, 2.45) is 17.0 Å². The minimum Gasteiger partial charge on any atom is -0.299 e. The first-order chi connectivity index (χ1) is 8.86. The van der Waals surface area contributed by atoms with Crippen molar-refractivity contribution >= 4 is 0 Å².